The number of fused-ring (bicyclic) bond motifs is 1. The van der Waals surface area contributed by atoms with Crippen LogP contribution in [0.25, 0.3) is 10.2 Å². The molecule has 4 rings (SSSR count). The van der Waals surface area contributed by atoms with E-state index in [2.05, 4.69) is 11.1 Å². The smallest absolute Gasteiger partial charge is 0.274 e. The van der Waals surface area contributed by atoms with Crippen molar-refractivity contribution in [1.82, 2.24) is 9.29 Å². The van der Waals surface area contributed by atoms with Crippen LogP contribution in [0.2, 0.25) is 0 Å². The van der Waals surface area contributed by atoms with Crippen LogP contribution in [-0.2, 0) is 10.0 Å². The third-order valence-electron chi connectivity index (χ3n) is 4.58. The Bertz CT molecular complexity index is 819. The number of aryl methyl sites for hydroxylation is 1. The van der Waals surface area contributed by atoms with E-state index in [1.54, 1.807) is 15.6 Å². The van der Waals surface area contributed by atoms with Gasteiger partial charge in [0.2, 0.25) is 10.0 Å². The van der Waals surface area contributed by atoms with Crippen LogP contribution in [0.3, 0.4) is 0 Å². The standard InChI is InChI=1S/C16H20N2O3S2/c1-11-3-2-4-14-15(11)17-16(22-14)21-12-7-9-18(10-8-12)23(19,20)13-5-6-13/h2-4,12-13H,5-10H2,1H3. The lowest BCUT2D eigenvalue weighted by atomic mass is 10.1. The molecule has 0 spiro atoms. The van der Waals surface area contributed by atoms with Crippen molar-refractivity contribution in [3.63, 3.8) is 0 Å². The molecule has 0 N–H and O–H groups in total. The summed E-state index contributed by atoms with van der Waals surface area (Å²) in [7, 11) is -3.05. The van der Waals surface area contributed by atoms with Gasteiger partial charge in [-0.3, -0.25) is 0 Å². The molecule has 0 bridgehead atoms. The molecule has 5 nitrogen and oxygen atoms in total. The SMILES string of the molecule is Cc1cccc2sc(OC3CCN(S(=O)(=O)C4CC4)CC3)nc12. The summed E-state index contributed by atoms with van der Waals surface area (Å²) in [6.45, 7) is 3.17. The molecule has 1 saturated heterocycles. The number of piperidine rings is 1. The molecule has 1 saturated carbocycles. The Morgan fingerprint density at radius 3 is 2.61 bits per heavy atom. The maximum Gasteiger partial charge on any atom is 0.274 e. The van der Waals surface area contributed by atoms with Crippen LogP contribution in [0.5, 0.6) is 5.19 Å². The van der Waals surface area contributed by atoms with Crippen molar-refractivity contribution in [1.29, 1.82) is 0 Å². The molecule has 1 aliphatic heterocycles. The molecule has 2 heterocycles. The van der Waals surface area contributed by atoms with E-state index in [4.69, 9.17) is 4.74 Å². The van der Waals surface area contributed by atoms with Gasteiger partial charge in [0, 0.05) is 13.1 Å². The number of ether oxygens (including phenoxy) is 1. The van der Waals surface area contributed by atoms with E-state index in [0.29, 0.717) is 18.3 Å². The fourth-order valence-electron chi connectivity index (χ4n) is 3.04. The third-order valence-corrected chi connectivity index (χ3v) is 7.89. The summed E-state index contributed by atoms with van der Waals surface area (Å²) in [5, 5.41) is 0.574. The van der Waals surface area contributed by atoms with Crippen LogP contribution in [0.4, 0.5) is 0 Å². The number of hydrogen-bond donors (Lipinski definition) is 0. The first-order chi connectivity index (χ1) is 11.0. The van der Waals surface area contributed by atoms with E-state index in [0.717, 1.165) is 41.5 Å². The second kappa shape index (κ2) is 5.72. The first-order valence-corrected chi connectivity index (χ1v) is 10.4. The van der Waals surface area contributed by atoms with Crippen molar-refractivity contribution in [3.8, 4) is 5.19 Å². The van der Waals surface area contributed by atoms with E-state index in [1.165, 1.54) is 0 Å². The van der Waals surface area contributed by atoms with Crippen LogP contribution < -0.4 is 4.74 Å². The average Bonchev–Trinajstić information content (AvgIpc) is 3.30. The Morgan fingerprint density at radius 1 is 1.22 bits per heavy atom. The fraction of sp³-hybridized carbons (Fsp3) is 0.562. The summed E-state index contributed by atoms with van der Waals surface area (Å²) in [6, 6.07) is 6.13. The summed E-state index contributed by atoms with van der Waals surface area (Å²) in [5.41, 5.74) is 2.15. The molecule has 23 heavy (non-hydrogen) atoms. The molecule has 0 atom stereocenters. The first-order valence-electron chi connectivity index (χ1n) is 8.06. The van der Waals surface area contributed by atoms with E-state index >= 15 is 0 Å². The van der Waals surface area contributed by atoms with Crippen LogP contribution in [0.1, 0.15) is 31.2 Å². The number of thiazole rings is 1. The zero-order valence-corrected chi connectivity index (χ0v) is 14.7. The number of rotatable bonds is 4. The largest absolute Gasteiger partial charge is 0.467 e. The van der Waals surface area contributed by atoms with Gasteiger partial charge < -0.3 is 4.74 Å². The highest BCUT2D eigenvalue weighted by Crippen LogP contribution is 2.34. The van der Waals surface area contributed by atoms with E-state index < -0.39 is 10.0 Å². The molecule has 2 aromatic rings. The highest BCUT2D eigenvalue weighted by molar-refractivity contribution is 7.90. The van der Waals surface area contributed by atoms with Crippen molar-refractivity contribution in [2.24, 2.45) is 0 Å². The summed E-state index contributed by atoms with van der Waals surface area (Å²) in [4.78, 5) is 4.58. The summed E-state index contributed by atoms with van der Waals surface area (Å²) in [5.74, 6) is 0. The topological polar surface area (TPSA) is 59.5 Å². The maximum absolute atomic E-state index is 12.2. The second-order valence-corrected chi connectivity index (χ2v) is 9.57. The zero-order valence-electron chi connectivity index (χ0n) is 13.1. The Morgan fingerprint density at radius 2 is 1.96 bits per heavy atom. The normalized spacial score (nSPS) is 20.9. The van der Waals surface area contributed by atoms with Crippen LogP contribution in [0.15, 0.2) is 18.2 Å². The molecule has 124 valence electrons. The molecule has 2 fully saturated rings. The predicted molar refractivity (Wildman–Crippen MR) is 91.5 cm³/mol. The quantitative estimate of drug-likeness (QED) is 0.849. The van der Waals surface area contributed by atoms with Crippen LogP contribution in [0, 0.1) is 6.92 Å². The Hall–Kier alpha value is -1.18. The number of para-hydroxylation sites is 1. The number of sulfonamides is 1. The predicted octanol–water partition coefficient (Wildman–Crippen LogP) is 2.94. The molecule has 0 radical (unpaired) electrons. The lowest BCUT2D eigenvalue weighted by Gasteiger charge is -2.30. The number of aromatic nitrogens is 1. The molecule has 1 aliphatic carbocycles. The number of benzene rings is 1. The molecule has 2 aliphatic rings. The molecule has 0 unspecified atom stereocenters. The Kier molecular flexibility index (Phi) is 3.82. The van der Waals surface area contributed by atoms with Gasteiger partial charge in [0.25, 0.3) is 5.19 Å². The van der Waals surface area contributed by atoms with Gasteiger partial charge in [0.05, 0.1) is 15.5 Å². The van der Waals surface area contributed by atoms with Gasteiger partial charge in [-0.2, -0.15) is 0 Å². The van der Waals surface area contributed by atoms with Crippen molar-refractivity contribution in [2.75, 3.05) is 13.1 Å². The first kappa shape index (κ1) is 15.4. The van der Waals surface area contributed by atoms with Crippen molar-refractivity contribution < 1.29 is 13.2 Å². The average molecular weight is 352 g/mol. The van der Waals surface area contributed by atoms with Gasteiger partial charge in [-0.25, -0.2) is 17.7 Å². The van der Waals surface area contributed by atoms with Gasteiger partial charge in [0.1, 0.15) is 6.10 Å². The molecule has 0 amide bonds. The van der Waals surface area contributed by atoms with Crippen LogP contribution >= 0.6 is 11.3 Å². The van der Waals surface area contributed by atoms with E-state index in [9.17, 15) is 8.42 Å². The molecular weight excluding hydrogens is 332 g/mol. The van der Waals surface area contributed by atoms with E-state index in [1.807, 2.05) is 19.1 Å². The molecular formula is C16H20N2O3S2. The Labute approximate surface area is 140 Å². The number of nitrogens with zero attached hydrogens (tertiary/aromatic N) is 2. The van der Waals surface area contributed by atoms with Gasteiger partial charge in [0.15, 0.2) is 0 Å². The highest BCUT2D eigenvalue weighted by Gasteiger charge is 2.41. The van der Waals surface area contributed by atoms with E-state index in [-0.39, 0.29) is 11.4 Å². The van der Waals surface area contributed by atoms with Gasteiger partial charge in [-0.1, -0.05) is 23.5 Å². The van der Waals surface area contributed by atoms with Crippen molar-refractivity contribution >= 4 is 31.6 Å². The van der Waals surface area contributed by atoms with Crippen LogP contribution in [-0.4, -0.2) is 42.2 Å². The Balaban J connectivity index is 1.41. The van der Waals surface area contributed by atoms with Crippen molar-refractivity contribution in [2.45, 2.75) is 44.0 Å². The van der Waals surface area contributed by atoms with Gasteiger partial charge >= 0.3 is 0 Å². The zero-order chi connectivity index (χ0) is 16.0. The molecule has 1 aromatic heterocycles. The maximum atomic E-state index is 12.2. The minimum atomic E-state index is -3.05. The molecule has 7 heteroatoms. The lowest BCUT2D eigenvalue weighted by molar-refractivity contribution is 0.135. The third kappa shape index (κ3) is 2.97. The lowest BCUT2D eigenvalue weighted by Crippen LogP contribution is -2.43. The van der Waals surface area contributed by atoms with Gasteiger partial charge in [-0.05, 0) is 44.2 Å². The monoisotopic (exact) mass is 352 g/mol. The summed E-state index contributed by atoms with van der Waals surface area (Å²) < 4.78 is 33.3. The van der Waals surface area contributed by atoms with Gasteiger partial charge in [-0.15, -0.1) is 0 Å². The fourth-order valence-corrected chi connectivity index (χ4v) is 5.87. The molecule has 1 aromatic carbocycles. The summed E-state index contributed by atoms with van der Waals surface area (Å²) >= 11 is 1.56. The summed E-state index contributed by atoms with van der Waals surface area (Å²) in [6.07, 6.45) is 3.18. The van der Waals surface area contributed by atoms with Crippen molar-refractivity contribution in [3.05, 3.63) is 23.8 Å². The highest BCUT2D eigenvalue weighted by atomic mass is 32.2. The minimum absolute atomic E-state index is 0.0570. The minimum Gasteiger partial charge on any atom is -0.467 e. The second-order valence-electron chi connectivity index (χ2n) is 6.36. The number of hydrogen-bond acceptors (Lipinski definition) is 5.